The summed E-state index contributed by atoms with van der Waals surface area (Å²) in [6, 6.07) is 1.00. The number of carboxylic acid groups (broad SMARTS) is 2. The van der Waals surface area contributed by atoms with E-state index in [2.05, 4.69) is 4.74 Å². The normalized spacial score (nSPS) is 17.1. The molecule has 0 fully saturated rings. The molecule has 0 aliphatic carbocycles. The average Bonchev–Trinajstić information content (AvgIpc) is 2.44. The number of hydrogen-bond donors (Lipinski definition) is 2. The first-order valence-corrected chi connectivity index (χ1v) is 6.23. The summed E-state index contributed by atoms with van der Waals surface area (Å²) >= 11 is 0. The standard InChI is InChI=1S/C13H13F2NO6/c1-21-8-4-6-2-3-16(13(19)20)10(11(17)18)7(6)5-9(8)22-12(14)15/h4-5,10,12H,2-3H2,1H3,(H,17,18)(H,19,20). The Hall–Kier alpha value is -2.58. The quantitative estimate of drug-likeness (QED) is 0.881. The van der Waals surface area contributed by atoms with Gasteiger partial charge < -0.3 is 19.7 Å². The highest BCUT2D eigenvalue weighted by Crippen LogP contribution is 2.38. The van der Waals surface area contributed by atoms with Gasteiger partial charge >= 0.3 is 18.7 Å². The summed E-state index contributed by atoms with van der Waals surface area (Å²) in [5.74, 6) is -1.70. The zero-order valence-corrected chi connectivity index (χ0v) is 11.5. The Balaban J connectivity index is 2.54. The molecule has 1 unspecified atom stereocenters. The Bertz CT molecular complexity index is 606. The van der Waals surface area contributed by atoms with E-state index in [-0.39, 0.29) is 30.0 Å². The molecular weight excluding hydrogens is 304 g/mol. The highest BCUT2D eigenvalue weighted by atomic mass is 19.3. The van der Waals surface area contributed by atoms with Crippen molar-refractivity contribution in [3.8, 4) is 11.5 Å². The van der Waals surface area contributed by atoms with Crippen LogP contribution in [0.4, 0.5) is 13.6 Å². The number of alkyl halides is 2. The number of aliphatic carboxylic acids is 1. The van der Waals surface area contributed by atoms with E-state index >= 15 is 0 Å². The Kier molecular flexibility index (Phi) is 4.34. The number of fused-ring (bicyclic) bond motifs is 1. The van der Waals surface area contributed by atoms with Crippen LogP contribution in [0.3, 0.4) is 0 Å². The van der Waals surface area contributed by atoms with Crippen LogP contribution < -0.4 is 9.47 Å². The molecule has 9 heteroatoms. The van der Waals surface area contributed by atoms with Crippen molar-refractivity contribution in [1.29, 1.82) is 0 Å². The van der Waals surface area contributed by atoms with Gasteiger partial charge in [0.15, 0.2) is 17.5 Å². The lowest BCUT2D eigenvalue weighted by Crippen LogP contribution is -2.42. The molecule has 1 amide bonds. The summed E-state index contributed by atoms with van der Waals surface area (Å²) in [5, 5.41) is 18.4. The lowest BCUT2D eigenvalue weighted by Gasteiger charge is -2.33. The van der Waals surface area contributed by atoms with Crippen molar-refractivity contribution in [2.24, 2.45) is 0 Å². The van der Waals surface area contributed by atoms with Crippen LogP contribution in [-0.4, -0.2) is 47.4 Å². The third-order valence-electron chi connectivity index (χ3n) is 3.35. The molecule has 22 heavy (non-hydrogen) atoms. The summed E-state index contributed by atoms with van der Waals surface area (Å²) in [7, 11) is 1.26. The highest BCUT2D eigenvalue weighted by Gasteiger charge is 2.37. The maximum Gasteiger partial charge on any atom is 0.408 e. The molecule has 0 bridgehead atoms. The number of hydrogen-bond acceptors (Lipinski definition) is 4. The largest absolute Gasteiger partial charge is 0.493 e. The number of carboxylic acids is 1. The molecule has 2 N–H and O–H groups in total. The molecule has 1 atom stereocenters. The van der Waals surface area contributed by atoms with E-state index in [9.17, 15) is 23.5 Å². The van der Waals surface area contributed by atoms with E-state index in [0.29, 0.717) is 5.56 Å². The zero-order valence-electron chi connectivity index (χ0n) is 11.5. The summed E-state index contributed by atoms with van der Waals surface area (Å²) in [5.41, 5.74) is 0.612. The van der Waals surface area contributed by atoms with Gasteiger partial charge in [0, 0.05) is 6.54 Å². The van der Waals surface area contributed by atoms with E-state index in [0.717, 1.165) is 11.0 Å². The SMILES string of the molecule is COc1cc2c(cc1OC(F)F)C(C(=O)O)N(C(=O)O)CC2. The van der Waals surface area contributed by atoms with Crippen LogP contribution in [0.25, 0.3) is 0 Å². The van der Waals surface area contributed by atoms with Crippen LogP contribution in [0.15, 0.2) is 12.1 Å². The summed E-state index contributed by atoms with van der Waals surface area (Å²) in [6.45, 7) is -3.13. The molecule has 0 spiro atoms. The highest BCUT2D eigenvalue weighted by molar-refractivity contribution is 5.82. The molecule has 2 rings (SSSR count). The molecule has 1 heterocycles. The molecule has 1 aliphatic rings. The van der Waals surface area contributed by atoms with Crippen LogP contribution in [-0.2, 0) is 11.2 Å². The van der Waals surface area contributed by atoms with E-state index < -0.39 is 24.7 Å². The van der Waals surface area contributed by atoms with Gasteiger partial charge in [-0.1, -0.05) is 0 Å². The van der Waals surface area contributed by atoms with Crippen molar-refractivity contribution in [1.82, 2.24) is 4.90 Å². The average molecular weight is 317 g/mol. The third kappa shape index (κ3) is 2.87. The molecule has 120 valence electrons. The van der Waals surface area contributed by atoms with Gasteiger partial charge in [0.25, 0.3) is 0 Å². The second kappa shape index (κ2) is 6.04. The molecule has 1 aromatic carbocycles. The van der Waals surface area contributed by atoms with Gasteiger partial charge in [-0.3, -0.25) is 4.90 Å². The van der Waals surface area contributed by atoms with Crippen LogP contribution in [0.1, 0.15) is 17.2 Å². The maximum absolute atomic E-state index is 12.4. The van der Waals surface area contributed by atoms with Gasteiger partial charge in [0.2, 0.25) is 0 Å². The minimum absolute atomic E-state index is 0.0164. The van der Waals surface area contributed by atoms with Crippen molar-refractivity contribution in [2.75, 3.05) is 13.7 Å². The summed E-state index contributed by atoms with van der Waals surface area (Å²) in [6.07, 6.45) is -1.15. The predicted molar refractivity (Wildman–Crippen MR) is 68.4 cm³/mol. The van der Waals surface area contributed by atoms with Crippen molar-refractivity contribution in [3.63, 3.8) is 0 Å². The van der Waals surface area contributed by atoms with Crippen LogP contribution in [0, 0.1) is 0 Å². The summed E-state index contributed by atoms with van der Waals surface area (Å²) in [4.78, 5) is 23.3. The van der Waals surface area contributed by atoms with E-state index in [1.165, 1.54) is 13.2 Å². The number of halogens is 2. The lowest BCUT2D eigenvalue weighted by molar-refractivity contribution is -0.143. The Morgan fingerprint density at radius 2 is 2.00 bits per heavy atom. The Morgan fingerprint density at radius 1 is 1.32 bits per heavy atom. The second-order valence-electron chi connectivity index (χ2n) is 4.55. The molecular formula is C13H13F2NO6. The number of benzene rings is 1. The molecule has 7 nitrogen and oxygen atoms in total. The zero-order chi connectivity index (χ0) is 16.4. The van der Waals surface area contributed by atoms with Gasteiger partial charge in [0.05, 0.1) is 7.11 Å². The van der Waals surface area contributed by atoms with Gasteiger partial charge in [-0.15, -0.1) is 0 Å². The number of rotatable bonds is 4. The Labute approximate surface area is 123 Å². The second-order valence-corrected chi connectivity index (χ2v) is 4.55. The molecule has 0 aromatic heterocycles. The fraction of sp³-hybridized carbons (Fsp3) is 0.385. The minimum atomic E-state index is -3.12. The molecule has 1 aromatic rings. The van der Waals surface area contributed by atoms with E-state index in [4.69, 9.17) is 9.84 Å². The fourth-order valence-corrected chi connectivity index (χ4v) is 2.45. The van der Waals surface area contributed by atoms with Crippen molar-refractivity contribution >= 4 is 12.1 Å². The monoisotopic (exact) mass is 317 g/mol. The fourth-order valence-electron chi connectivity index (χ4n) is 2.45. The third-order valence-corrected chi connectivity index (χ3v) is 3.35. The maximum atomic E-state index is 12.4. The number of methoxy groups -OCH3 is 1. The number of carbonyl (C=O) groups is 2. The topological polar surface area (TPSA) is 96.3 Å². The predicted octanol–water partition coefficient (Wildman–Crippen LogP) is 1.96. The van der Waals surface area contributed by atoms with Crippen molar-refractivity contribution < 1.29 is 38.1 Å². The van der Waals surface area contributed by atoms with Crippen molar-refractivity contribution in [2.45, 2.75) is 19.1 Å². The lowest BCUT2D eigenvalue weighted by atomic mass is 9.92. The van der Waals surface area contributed by atoms with Crippen LogP contribution in [0.2, 0.25) is 0 Å². The first-order valence-electron chi connectivity index (χ1n) is 6.23. The first-order chi connectivity index (χ1) is 10.3. The number of amides is 1. The van der Waals surface area contributed by atoms with Gasteiger partial charge in [-0.25, -0.2) is 9.59 Å². The molecule has 0 radical (unpaired) electrons. The molecule has 0 saturated heterocycles. The minimum Gasteiger partial charge on any atom is -0.493 e. The van der Waals surface area contributed by atoms with Crippen LogP contribution in [0.5, 0.6) is 11.5 Å². The number of ether oxygens (including phenoxy) is 2. The first kappa shape index (κ1) is 15.8. The smallest absolute Gasteiger partial charge is 0.408 e. The van der Waals surface area contributed by atoms with Gasteiger partial charge in [-0.05, 0) is 29.7 Å². The van der Waals surface area contributed by atoms with E-state index in [1.54, 1.807) is 0 Å². The Morgan fingerprint density at radius 3 is 2.50 bits per heavy atom. The molecule has 1 aliphatic heterocycles. The van der Waals surface area contributed by atoms with Crippen LogP contribution >= 0.6 is 0 Å². The van der Waals surface area contributed by atoms with Gasteiger partial charge in [-0.2, -0.15) is 8.78 Å². The van der Waals surface area contributed by atoms with Crippen molar-refractivity contribution in [3.05, 3.63) is 23.3 Å². The molecule has 0 saturated carbocycles. The summed E-state index contributed by atoms with van der Waals surface area (Å²) < 4.78 is 34.1. The number of nitrogens with zero attached hydrogens (tertiary/aromatic N) is 1. The van der Waals surface area contributed by atoms with Gasteiger partial charge in [0.1, 0.15) is 0 Å². The van der Waals surface area contributed by atoms with E-state index in [1.807, 2.05) is 0 Å².